The molecule has 2 amide bonds. The third kappa shape index (κ3) is 5.83. The minimum Gasteiger partial charge on any atom is -0.352 e. The summed E-state index contributed by atoms with van der Waals surface area (Å²) in [6, 6.07) is 9.52. The molecule has 7 nitrogen and oxygen atoms in total. The van der Waals surface area contributed by atoms with E-state index >= 15 is 0 Å². The number of halogens is 1. The van der Waals surface area contributed by atoms with E-state index in [1.165, 1.54) is 11.3 Å². The predicted molar refractivity (Wildman–Crippen MR) is 126 cm³/mol. The van der Waals surface area contributed by atoms with E-state index in [0.717, 1.165) is 29.7 Å². The van der Waals surface area contributed by atoms with Gasteiger partial charge in [-0.05, 0) is 49.1 Å². The number of hydrogen-bond acceptors (Lipinski definition) is 6. The summed E-state index contributed by atoms with van der Waals surface area (Å²) in [6.45, 7) is 2.77. The van der Waals surface area contributed by atoms with Crippen LogP contribution in [0, 0.1) is 6.92 Å². The van der Waals surface area contributed by atoms with Crippen molar-refractivity contribution in [2.75, 3.05) is 11.9 Å². The highest BCUT2D eigenvalue weighted by Crippen LogP contribution is 2.30. The molecule has 0 aliphatic heterocycles. The molecule has 3 aromatic rings. The SMILES string of the molecule is Cc1ccc(Cl)cc1Nc1nc(C(=O)N(CCC(=O)NCc2cccnc2)C2CC2)cs1. The number of pyridine rings is 1. The van der Waals surface area contributed by atoms with Crippen molar-refractivity contribution in [2.45, 2.75) is 38.8 Å². The van der Waals surface area contributed by atoms with Crippen LogP contribution in [0.5, 0.6) is 0 Å². The van der Waals surface area contributed by atoms with Crippen LogP contribution in [0.15, 0.2) is 48.1 Å². The highest BCUT2D eigenvalue weighted by Gasteiger charge is 2.34. The monoisotopic (exact) mass is 469 g/mol. The number of anilines is 2. The predicted octanol–water partition coefficient (Wildman–Crippen LogP) is 4.55. The number of aromatic nitrogens is 2. The van der Waals surface area contributed by atoms with Gasteiger partial charge in [0, 0.05) is 54.0 Å². The number of carbonyl (C=O) groups excluding carboxylic acids is 2. The first-order valence-corrected chi connectivity index (χ1v) is 11.7. The molecule has 9 heteroatoms. The van der Waals surface area contributed by atoms with Crippen LogP contribution >= 0.6 is 22.9 Å². The van der Waals surface area contributed by atoms with E-state index in [9.17, 15) is 9.59 Å². The Labute approximate surface area is 195 Å². The molecule has 0 spiro atoms. The number of amides is 2. The summed E-state index contributed by atoms with van der Waals surface area (Å²) in [5, 5.41) is 9.13. The van der Waals surface area contributed by atoms with Crippen LogP contribution in [-0.2, 0) is 11.3 Å². The van der Waals surface area contributed by atoms with E-state index in [1.807, 2.05) is 37.3 Å². The largest absolute Gasteiger partial charge is 0.352 e. The molecular weight excluding hydrogens is 446 g/mol. The fourth-order valence-corrected chi connectivity index (χ4v) is 4.14. The Balaban J connectivity index is 1.34. The number of aryl methyl sites for hydroxylation is 1. The van der Waals surface area contributed by atoms with E-state index in [-0.39, 0.29) is 24.3 Å². The van der Waals surface area contributed by atoms with Crippen LogP contribution in [0.2, 0.25) is 5.02 Å². The van der Waals surface area contributed by atoms with Crippen LogP contribution in [0.3, 0.4) is 0 Å². The van der Waals surface area contributed by atoms with Crippen LogP contribution in [-0.4, -0.2) is 39.3 Å². The van der Waals surface area contributed by atoms with Gasteiger partial charge in [0.1, 0.15) is 5.69 Å². The molecule has 1 aliphatic carbocycles. The van der Waals surface area contributed by atoms with E-state index in [0.29, 0.717) is 28.9 Å². The lowest BCUT2D eigenvalue weighted by Crippen LogP contribution is -2.37. The number of nitrogens with zero attached hydrogens (tertiary/aromatic N) is 3. The van der Waals surface area contributed by atoms with Gasteiger partial charge in [-0.1, -0.05) is 23.7 Å². The number of nitrogens with one attached hydrogen (secondary N) is 2. The molecule has 2 aromatic heterocycles. The first-order chi connectivity index (χ1) is 15.5. The maximum absolute atomic E-state index is 13.1. The molecule has 2 heterocycles. The van der Waals surface area contributed by atoms with Gasteiger partial charge in [-0.25, -0.2) is 4.98 Å². The first-order valence-electron chi connectivity index (χ1n) is 10.4. The first kappa shape index (κ1) is 22.2. The van der Waals surface area contributed by atoms with Crippen LogP contribution in [0.4, 0.5) is 10.8 Å². The Morgan fingerprint density at radius 2 is 2.12 bits per heavy atom. The van der Waals surface area contributed by atoms with Crippen LogP contribution in [0.25, 0.3) is 0 Å². The number of rotatable bonds is 9. The van der Waals surface area contributed by atoms with Gasteiger partial charge in [0.25, 0.3) is 5.91 Å². The van der Waals surface area contributed by atoms with E-state index in [1.54, 1.807) is 22.7 Å². The van der Waals surface area contributed by atoms with Crippen molar-refractivity contribution >= 4 is 45.6 Å². The third-order valence-electron chi connectivity index (χ3n) is 5.21. The minimum atomic E-state index is -0.139. The molecule has 0 radical (unpaired) electrons. The molecule has 0 unspecified atom stereocenters. The topological polar surface area (TPSA) is 87.2 Å². The Kier molecular flexibility index (Phi) is 7.02. The maximum Gasteiger partial charge on any atom is 0.273 e. The summed E-state index contributed by atoms with van der Waals surface area (Å²) >= 11 is 7.45. The van der Waals surface area contributed by atoms with Gasteiger partial charge in [-0.15, -0.1) is 11.3 Å². The van der Waals surface area contributed by atoms with Gasteiger partial charge in [0.05, 0.1) is 0 Å². The highest BCUT2D eigenvalue weighted by atomic mass is 35.5. The van der Waals surface area contributed by atoms with Crippen LogP contribution < -0.4 is 10.6 Å². The lowest BCUT2D eigenvalue weighted by molar-refractivity contribution is -0.121. The Bertz CT molecular complexity index is 1100. The molecule has 32 heavy (non-hydrogen) atoms. The van der Waals surface area contributed by atoms with Gasteiger partial charge in [-0.3, -0.25) is 14.6 Å². The summed E-state index contributed by atoms with van der Waals surface area (Å²) in [5.74, 6) is -0.232. The summed E-state index contributed by atoms with van der Waals surface area (Å²) in [4.78, 5) is 35.7. The quantitative estimate of drug-likeness (QED) is 0.480. The summed E-state index contributed by atoms with van der Waals surface area (Å²) in [7, 11) is 0. The molecule has 2 N–H and O–H groups in total. The molecule has 1 saturated carbocycles. The van der Waals surface area contributed by atoms with Crippen molar-refractivity contribution in [1.82, 2.24) is 20.2 Å². The summed E-state index contributed by atoms with van der Waals surface area (Å²) in [6.07, 6.45) is 5.58. The van der Waals surface area contributed by atoms with Gasteiger partial charge in [0.2, 0.25) is 5.91 Å². The summed E-state index contributed by atoms with van der Waals surface area (Å²) in [5.41, 5.74) is 3.22. The average molecular weight is 470 g/mol. The van der Waals surface area contributed by atoms with E-state index in [2.05, 4.69) is 20.6 Å². The Hall–Kier alpha value is -2.97. The number of thiazole rings is 1. The fraction of sp³-hybridized carbons (Fsp3) is 0.304. The van der Waals surface area contributed by atoms with Crippen molar-refractivity contribution in [3.8, 4) is 0 Å². The lowest BCUT2D eigenvalue weighted by Gasteiger charge is -2.21. The van der Waals surface area contributed by atoms with Gasteiger partial charge in [-0.2, -0.15) is 0 Å². The smallest absolute Gasteiger partial charge is 0.273 e. The second-order valence-electron chi connectivity index (χ2n) is 7.74. The molecule has 1 aliphatic rings. The molecule has 0 bridgehead atoms. The zero-order valence-corrected chi connectivity index (χ0v) is 19.2. The average Bonchev–Trinajstić information content (AvgIpc) is 3.53. The summed E-state index contributed by atoms with van der Waals surface area (Å²) < 4.78 is 0. The molecule has 0 saturated heterocycles. The van der Waals surface area contributed by atoms with Gasteiger partial charge < -0.3 is 15.5 Å². The second-order valence-corrected chi connectivity index (χ2v) is 9.03. The van der Waals surface area contributed by atoms with Crippen molar-refractivity contribution < 1.29 is 9.59 Å². The van der Waals surface area contributed by atoms with Crippen molar-refractivity contribution in [3.63, 3.8) is 0 Å². The highest BCUT2D eigenvalue weighted by molar-refractivity contribution is 7.14. The maximum atomic E-state index is 13.1. The van der Waals surface area contributed by atoms with E-state index in [4.69, 9.17) is 11.6 Å². The molecule has 1 fully saturated rings. The molecule has 0 atom stereocenters. The molecular formula is C23H24ClN5O2S. The molecule has 1 aromatic carbocycles. The molecule has 166 valence electrons. The third-order valence-corrected chi connectivity index (χ3v) is 6.20. The zero-order chi connectivity index (χ0) is 22.5. The van der Waals surface area contributed by atoms with Crippen molar-refractivity contribution in [2.24, 2.45) is 0 Å². The fourth-order valence-electron chi connectivity index (χ4n) is 3.27. The lowest BCUT2D eigenvalue weighted by atomic mass is 10.2. The molecule has 4 rings (SSSR count). The number of carbonyl (C=O) groups is 2. The Morgan fingerprint density at radius 1 is 1.28 bits per heavy atom. The standard InChI is InChI=1S/C23H24ClN5O2S/c1-15-4-5-17(24)11-19(15)27-23-28-20(14-32-23)22(31)29(18-6-7-18)10-8-21(30)26-13-16-3-2-9-25-12-16/h2-5,9,11-12,14,18H,6-8,10,13H2,1H3,(H,26,30)(H,27,28). The van der Waals surface area contributed by atoms with Crippen LogP contribution in [0.1, 0.15) is 40.9 Å². The van der Waals surface area contributed by atoms with Crippen molar-refractivity contribution in [1.29, 1.82) is 0 Å². The normalized spacial score (nSPS) is 12.9. The zero-order valence-electron chi connectivity index (χ0n) is 17.7. The Morgan fingerprint density at radius 3 is 2.88 bits per heavy atom. The van der Waals surface area contributed by atoms with Gasteiger partial charge in [0.15, 0.2) is 5.13 Å². The number of hydrogen-bond donors (Lipinski definition) is 2. The number of benzene rings is 1. The van der Waals surface area contributed by atoms with Crippen molar-refractivity contribution in [3.05, 3.63) is 69.9 Å². The van der Waals surface area contributed by atoms with Gasteiger partial charge >= 0.3 is 0 Å². The second kappa shape index (κ2) is 10.1. The minimum absolute atomic E-state index is 0.0932. The van der Waals surface area contributed by atoms with E-state index < -0.39 is 0 Å².